The number of fused-ring (bicyclic) bond motifs is 1. The number of methoxy groups -OCH3 is 1. The third kappa shape index (κ3) is 4.10. The number of H-pyrrole nitrogens is 1. The molecule has 6 rings (SSSR count). The summed E-state index contributed by atoms with van der Waals surface area (Å²) in [7, 11) is 1.60. The van der Waals surface area contributed by atoms with Crippen molar-refractivity contribution < 1.29 is 4.74 Å². The van der Waals surface area contributed by atoms with Gasteiger partial charge in [-0.2, -0.15) is 4.52 Å². The molecule has 8 heteroatoms. The van der Waals surface area contributed by atoms with Gasteiger partial charge in [0, 0.05) is 18.0 Å². The van der Waals surface area contributed by atoms with Gasteiger partial charge in [-0.25, -0.2) is 9.97 Å². The minimum absolute atomic E-state index is 0.249. The Balaban J connectivity index is 1.67. The van der Waals surface area contributed by atoms with Gasteiger partial charge in [-0.05, 0) is 23.3 Å². The van der Waals surface area contributed by atoms with Crippen molar-refractivity contribution in [3.63, 3.8) is 0 Å². The van der Waals surface area contributed by atoms with Crippen molar-refractivity contribution in [2.75, 3.05) is 12.4 Å². The van der Waals surface area contributed by atoms with Crippen LogP contribution in [0.2, 0.25) is 0 Å². The number of ether oxygens (including phenoxy) is 1. The second kappa shape index (κ2) is 9.43. The Morgan fingerprint density at radius 1 is 0.811 bits per heavy atom. The van der Waals surface area contributed by atoms with Gasteiger partial charge in [-0.3, -0.25) is 14.9 Å². The van der Waals surface area contributed by atoms with E-state index in [1.54, 1.807) is 25.7 Å². The van der Waals surface area contributed by atoms with Gasteiger partial charge in [0.1, 0.15) is 17.4 Å². The van der Waals surface area contributed by atoms with E-state index in [4.69, 9.17) is 9.72 Å². The molecule has 3 aromatic heterocycles. The van der Waals surface area contributed by atoms with Crippen molar-refractivity contribution in [1.82, 2.24) is 24.6 Å². The fraction of sp³-hybridized carbons (Fsp3) is 0.0345. The Bertz CT molecular complexity index is 1730. The van der Waals surface area contributed by atoms with Crippen LogP contribution < -0.4 is 15.6 Å². The standard InChI is InChI=1S/C29H22N6O2/c1-37-22-14-12-20(13-15-22)25-27(32-23-18-30-16-17-31-23)33-28-24(19-8-4-2-5-9-19)26(34-35(28)29(25)36)21-10-6-3-7-11-21/h2-18,34H,1H3,(H,31,32). The molecule has 0 saturated heterocycles. The quantitative estimate of drug-likeness (QED) is 0.320. The normalized spacial score (nSPS) is 10.9. The summed E-state index contributed by atoms with van der Waals surface area (Å²) >= 11 is 0. The molecule has 0 saturated carbocycles. The Morgan fingerprint density at radius 3 is 2.14 bits per heavy atom. The summed E-state index contributed by atoms with van der Waals surface area (Å²) in [5.41, 5.74) is 4.85. The SMILES string of the molecule is COc1ccc(-c2c(Nc3cnccn3)nc3c(-c4ccccc4)c(-c4ccccc4)[nH]n3c2=O)cc1. The molecule has 3 aromatic carbocycles. The van der Waals surface area contributed by atoms with E-state index in [-0.39, 0.29) is 5.56 Å². The van der Waals surface area contributed by atoms with Gasteiger partial charge in [0.2, 0.25) is 0 Å². The van der Waals surface area contributed by atoms with Gasteiger partial charge in [0.15, 0.2) is 5.65 Å². The molecule has 180 valence electrons. The van der Waals surface area contributed by atoms with Crippen molar-refractivity contribution in [3.05, 3.63) is 114 Å². The second-order valence-corrected chi connectivity index (χ2v) is 8.34. The highest BCUT2D eigenvalue weighted by Crippen LogP contribution is 2.36. The Labute approximate surface area is 212 Å². The summed E-state index contributed by atoms with van der Waals surface area (Å²) in [6.45, 7) is 0. The smallest absolute Gasteiger partial charge is 0.282 e. The lowest BCUT2D eigenvalue weighted by Gasteiger charge is -2.12. The maximum atomic E-state index is 14.1. The molecule has 0 fully saturated rings. The molecule has 0 spiro atoms. The minimum Gasteiger partial charge on any atom is -0.497 e. The lowest BCUT2D eigenvalue weighted by molar-refractivity contribution is 0.415. The van der Waals surface area contributed by atoms with Crippen LogP contribution in [0.15, 0.2) is 108 Å². The van der Waals surface area contributed by atoms with Crippen molar-refractivity contribution in [2.45, 2.75) is 0 Å². The molecule has 2 N–H and O–H groups in total. The van der Waals surface area contributed by atoms with E-state index in [0.717, 1.165) is 22.4 Å². The topological polar surface area (TPSA) is 97.2 Å². The van der Waals surface area contributed by atoms with Crippen molar-refractivity contribution in [1.29, 1.82) is 0 Å². The summed E-state index contributed by atoms with van der Waals surface area (Å²) < 4.78 is 6.82. The van der Waals surface area contributed by atoms with Gasteiger partial charge < -0.3 is 10.1 Å². The van der Waals surface area contributed by atoms with Crippen LogP contribution in [0.25, 0.3) is 39.2 Å². The van der Waals surface area contributed by atoms with Gasteiger partial charge in [-0.1, -0.05) is 72.8 Å². The number of hydrogen-bond acceptors (Lipinski definition) is 6. The number of aromatic nitrogens is 5. The number of nitrogens with one attached hydrogen (secondary N) is 2. The number of aromatic amines is 1. The van der Waals surface area contributed by atoms with Crippen LogP contribution in [0.1, 0.15) is 0 Å². The predicted molar refractivity (Wildman–Crippen MR) is 144 cm³/mol. The summed E-state index contributed by atoms with van der Waals surface area (Å²) in [4.78, 5) is 27.6. The average molecular weight is 487 g/mol. The number of benzene rings is 3. The van der Waals surface area contributed by atoms with E-state index in [1.165, 1.54) is 4.52 Å². The number of nitrogens with zero attached hydrogens (tertiary/aromatic N) is 4. The molecule has 0 bridgehead atoms. The van der Waals surface area contributed by atoms with E-state index in [1.807, 2.05) is 84.9 Å². The number of rotatable bonds is 6. The lowest BCUT2D eigenvalue weighted by atomic mass is 10.0. The Hall–Kier alpha value is -5.24. The second-order valence-electron chi connectivity index (χ2n) is 8.34. The van der Waals surface area contributed by atoms with E-state index in [9.17, 15) is 4.79 Å². The highest BCUT2D eigenvalue weighted by molar-refractivity contribution is 5.92. The molecule has 3 heterocycles. The van der Waals surface area contributed by atoms with Crippen LogP contribution in [-0.4, -0.2) is 31.7 Å². The molecular weight excluding hydrogens is 464 g/mol. The zero-order valence-corrected chi connectivity index (χ0v) is 19.9. The number of hydrogen-bond donors (Lipinski definition) is 2. The van der Waals surface area contributed by atoms with E-state index >= 15 is 0 Å². The van der Waals surface area contributed by atoms with Crippen molar-refractivity contribution in [3.8, 4) is 39.3 Å². The van der Waals surface area contributed by atoms with Crippen molar-refractivity contribution in [2.24, 2.45) is 0 Å². The third-order valence-corrected chi connectivity index (χ3v) is 6.09. The first-order chi connectivity index (χ1) is 18.2. The van der Waals surface area contributed by atoms with Gasteiger partial charge in [0.05, 0.1) is 30.1 Å². The third-order valence-electron chi connectivity index (χ3n) is 6.09. The van der Waals surface area contributed by atoms with Crippen LogP contribution in [0, 0.1) is 0 Å². The van der Waals surface area contributed by atoms with Crippen LogP contribution in [0.4, 0.5) is 11.6 Å². The molecule has 8 nitrogen and oxygen atoms in total. The van der Waals surface area contributed by atoms with E-state index in [0.29, 0.717) is 34.2 Å². The van der Waals surface area contributed by atoms with Crippen LogP contribution in [0.5, 0.6) is 5.75 Å². The molecule has 0 aliphatic heterocycles. The monoisotopic (exact) mass is 486 g/mol. The van der Waals surface area contributed by atoms with Crippen LogP contribution in [-0.2, 0) is 0 Å². The molecule has 6 aromatic rings. The number of anilines is 2. The van der Waals surface area contributed by atoms with Crippen molar-refractivity contribution >= 4 is 17.3 Å². The summed E-state index contributed by atoms with van der Waals surface area (Å²) in [5, 5.41) is 6.55. The van der Waals surface area contributed by atoms with Crippen LogP contribution >= 0.6 is 0 Å². The maximum Gasteiger partial charge on any atom is 0.282 e. The highest BCUT2D eigenvalue weighted by atomic mass is 16.5. The maximum absolute atomic E-state index is 14.1. The molecule has 0 aliphatic carbocycles. The fourth-order valence-electron chi connectivity index (χ4n) is 4.36. The summed E-state index contributed by atoms with van der Waals surface area (Å²) in [5.74, 6) is 1.55. The summed E-state index contributed by atoms with van der Waals surface area (Å²) in [6.07, 6.45) is 4.76. The molecule has 0 amide bonds. The molecule has 0 aliphatic rings. The molecular formula is C29H22N6O2. The molecule has 0 radical (unpaired) electrons. The first-order valence-corrected chi connectivity index (χ1v) is 11.7. The Kier molecular flexibility index (Phi) is 5.67. The van der Waals surface area contributed by atoms with E-state index in [2.05, 4.69) is 20.4 Å². The zero-order chi connectivity index (χ0) is 25.2. The van der Waals surface area contributed by atoms with Crippen LogP contribution in [0.3, 0.4) is 0 Å². The van der Waals surface area contributed by atoms with Gasteiger partial charge in [0.25, 0.3) is 5.56 Å². The van der Waals surface area contributed by atoms with E-state index < -0.39 is 0 Å². The predicted octanol–water partition coefficient (Wildman–Crippen LogP) is 5.57. The molecule has 0 unspecified atom stereocenters. The molecule has 0 atom stereocenters. The first kappa shape index (κ1) is 22.2. The lowest BCUT2D eigenvalue weighted by Crippen LogP contribution is -2.19. The van der Waals surface area contributed by atoms with Gasteiger partial charge in [-0.15, -0.1) is 0 Å². The highest BCUT2D eigenvalue weighted by Gasteiger charge is 2.23. The van der Waals surface area contributed by atoms with Gasteiger partial charge >= 0.3 is 0 Å². The zero-order valence-electron chi connectivity index (χ0n) is 19.9. The summed E-state index contributed by atoms with van der Waals surface area (Å²) in [6, 6.07) is 27.1. The average Bonchev–Trinajstić information content (AvgIpc) is 3.35. The fourth-order valence-corrected chi connectivity index (χ4v) is 4.36. The first-order valence-electron chi connectivity index (χ1n) is 11.7. The largest absolute Gasteiger partial charge is 0.497 e. The molecule has 37 heavy (non-hydrogen) atoms. The Morgan fingerprint density at radius 2 is 1.49 bits per heavy atom. The minimum atomic E-state index is -0.249.